The number of hydrogen-bond acceptors (Lipinski definition) is 4. The normalized spacial score (nSPS) is 18.4. The molecule has 1 aromatic carbocycles. The van der Waals surface area contributed by atoms with Gasteiger partial charge in [-0.25, -0.2) is 4.68 Å². The average molecular weight is 333 g/mol. The van der Waals surface area contributed by atoms with Crippen molar-refractivity contribution in [2.75, 3.05) is 0 Å². The Bertz CT molecular complexity index is 783. The number of nitrogens with one attached hydrogen (secondary N) is 1. The van der Waals surface area contributed by atoms with Crippen molar-refractivity contribution in [1.82, 2.24) is 25.3 Å². The van der Waals surface area contributed by atoms with Gasteiger partial charge >= 0.3 is 0 Å². The van der Waals surface area contributed by atoms with Crippen LogP contribution in [0.2, 0.25) is 0 Å². The van der Waals surface area contributed by atoms with Crippen LogP contribution < -0.4 is 5.32 Å². The van der Waals surface area contributed by atoms with Crippen molar-refractivity contribution in [3.8, 4) is 5.69 Å². The standard InChI is InChI=1S/C20H23N5/c1-15(16-5-9-19(10-6-16)25-14-13-22-24-25)23-18-7-4-17-3-2-12-21-20(17)11-8-18/h2-3,5-6,9-10,12-15,18,23H,4,7-8,11H2,1H3. The van der Waals surface area contributed by atoms with Crippen molar-refractivity contribution in [2.45, 2.75) is 44.7 Å². The Hall–Kier alpha value is -2.53. The highest BCUT2D eigenvalue weighted by atomic mass is 15.4. The zero-order valence-corrected chi connectivity index (χ0v) is 14.5. The Morgan fingerprint density at radius 2 is 1.92 bits per heavy atom. The number of hydrogen-bond donors (Lipinski definition) is 1. The van der Waals surface area contributed by atoms with Crippen molar-refractivity contribution in [3.63, 3.8) is 0 Å². The molecule has 2 heterocycles. The lowest BCUT2D eigenvalue weighted by atomic mass is 10.0. The monoisotopic (exact) mass is 333 g/mol. The number of benzene rings is 1. The molecule has 5 nitrogen and oxygen atoms in total. The third-order valence-corrected chi connectivity index (χ3v) is 5.04. The number of fused-ring (bicyclic) bond motifs is 1. The Balaban J connectivity index is 1.39. The van der Waals surface area contributed by atoms with E-state index in [0.717, 1.165) is 24.9 Å². The highest BCUT2D eigenvalue weighted by Crippen LogP contribution is 2.22. The summed E-state index contributed by atoms with van der Waals surface area (Å²) in [6.45, 7) is 2.24. The molecular formula is C20H23N5. The second-order valence-electron chi connectivity index (χ2n) is 6.71. The molecule has 4 rings (SSSR count). The lowest BCUT2D eigenvalue weighted by Gasteiger charge is -2.22. The zero-order chi connectivity index (χ0) is 17.1. The molecule has 5 heteroatoms. The molecule has 3 aromatic rings. The second-order valence-corrected chi connectivity index (χ2v) is 6.71. The number of pyridine rings is 1. The predicted octanol–water partition coefficient (Wildman–Crippen LogP) is 3.26. The summed E-state index contributed by atoms with van der Waals surface area (Å²) in [6, 6.07) is 13.6. The molecule has 1 N–H and O–H groups in total. The number of aryl methyl sites for hydroxylation is 2. The van der Waals surface area contributed by atoms with Gasteiger partial charge in [-0.2, -0.15) is 0 Å². The first kappa shape index (κ1) is 16.0. The van der Waals surface area contributed by atoms with Gasteiger partial charge in [0.25, 0.3) is 0 Å². The van der Waals surface area contributed by atoms with Crippen LogP contribution in [0.25, 0.3) is 5.69 Å². The second kappa shape index (κ2) is 7.15. The third-order valence-electron chi connectivity index (χ3n) is 5.04. The van der Waals surface area contributed by atoms with Gasteiger partial charge in [-0.05, 0) is 61.9 Å². The van der Waals surface area contributed by atoms with Gasteiger partial charge in [-0.15, -0.1) is 5.10 Å². The highest BCUT2D eigenvalue weighted by Gasteiger charge is 2.18. The molecule has 0 bridgehead atoms. The van der Waals surface area contributed by atoms with E-state index in [2.05, 4.69) is 57.9 Å². The quantitative estimate of drug-likeness (QED) is 0.745. The lowest BCUT2D eigenvalue weighted by Crippen LogP contribution is -2.31. The summed E-state index contributed by atoms with van der Waals surface area (Å²) in [5, 5.41) is 11.7. The molecule has 1 aliphatic rings. The Kier molecular flexibility index (Phi) is 4.57. The molecule has 25 heavy (non-hydrogen) atoms. The number of aromatic nitrogens is 4. The fourth-order valence-electron chi connectivity index (χ4n) is 3.59. The molecule has 0 fully saturated rings. The molecule has 2 atom stereocenters. The molecular weight excluding hydrogens is 310 g/mol. The molecule has 2 aromatic heterocycles. The molecule has 128 valence electrons. The van der Waals surface area contributed by atoms with Gasteiger partial charge in [0, 0.05) is 24.0 Å². The lowest BCUT2D eigenvalue weighted by molar-refractivity contribution is 0.416. The van der Waals surface area contributed by atoms with Gasteiger partial charge in [0.15, 0.2) is 0 Å². The molecule has 0 saturated carbocycles. The smallest absolute Gasteiger partial charge is 0.0697 e. The largest absolute Gasteiger partial charge is 0.307 e. The van der Waals surface area contributed by atoms with E-state index < -0.39 is 0 Å². The fourth-order valence-corrected chi connectivity index (χ4v) is 3.59. The van der Waals surface area contributed by atoms with Gasteiger partial charge in [0.1, 0.15) is 0 Å². The first-order chi connectivity index (χ1) is 12.3. The molecule has 0 saturated heterocycles. The van der Waals surface area contributed by atoms with Crippen molar-refractivity contribution >= 4 is 0 Å². The van der Waals surface area contributed by atoms with E-state index in [-0.39, 0.29) is 0 Å². The Morgan fingerprint density at radius 1 is 1.08 bits per heavy atom. The van der Waals surface area contributed by atoms with Crippen LogP contribution >= 0.6 is 0 Å². The molecule has 0 radical (unpaired) electrons. The van der Waals surface area contributed by atoms with Gasteiger partial charge < -0.3 is 5.32 Å². The van der Waals surface area contributed by atoms with Crippen molar-refractivity contribution < 1.29 is 0 Å². The average Bonchev–Trinajstić information content (AvgIpc) is 3.12. The van der Waals surface area contributed by atoms with E-state index in [1.165, 1.54) is 23.2 Å². The van der Waals surface area contributed by atoms with E-state index in [1.54, 1.807) is 10.9 Å². The van der Waals surface area contributed by atoms with Crippen LogP contribution in [-0.4, -0.2) is 26.0 Å². The minimum Gasteiger partial charge on any atom is -0.307 e. The Morgan fingerprint density at radius 3 is 2.72 bits per heavy atom. The first-order valence-electron chi connectivity index (χ1n) is 8.95. The fraction of sp³-hybridized carbons (Fsp3) is 0.350. The third kappa shape index (κ3) is 3.61. The summed E-state index contributed by atoms with van der Waals surface area (Å²) in [6.07, 6.45) is 9.94. The summed E-state index contributed by atoms with van der Waals surface area (Å²) < 4.78 is 1.78. The molecule has 2 unspecified atom stereocenters. The summed E-state index contributed by atoms with van der Waals surface area (Å²) in [7, 11) is 0. The minimum absolute atomic E-state index is 0.323. The molecule has 1 aliphatic carbocycles. The van der Waals surface area contributed by atoms with Crippen LogP contribution in [0.5, 0.6) is 0 Å². The maximum Gasteiger partial charge on any atom is 0.0697 e. The summed E-state index contributed by atoms with van der Waals surface area (Å²) in [4.78, 5) is 4.54. The molecule has 0 spiro atoms. The van der Waals surface area contributed by atoms with E-state index >= 15 is 0 Å². The van der Waals surface area contributed by atoms with E-state index in [4.69, 9.17) is 0 Å². The van der Waals surface area contributed by atoms with Crippen molar-refractivity contribution in [1.29, 1.82) is 0 Å². The van der Waals surface area contributed by atoms with Gasteiger partial charge in [0.2, 0.25) is 0 Å². The van der Waals surface area contributed by atoms with Crippen molar-refractivity contribution in [2.24, 2.45) is 0 Å². The van der Waals surface area contributed by atoms with E-state index in [0.29, 0.717) is 12.1 Å². The van der Waals surface area contributed by atoms with Crippen LogP contribution in [0.3, 0.4) is 0 Å². The van der Waals surface area contributed by atoms with Gasteiger partial charge in [-0.3, -0.25) is 4.98 Å². The number of nitrogens with zero attached hydrogens (tertiary/aromatic N) is 4. The van der Waals surface area contributed by atoms with E-state index in [1.807, 2.05) is 18.5 Å². The molecule has 0 amide bonds. The van der Waals surface area contributed by atoms with Gasteiger partial charge in [0.05, 0.1) is 18.1 Å². The maximum atomic E-state index is 4.54. The Labute approximate surface area is 148 Å². The van der Waals surface area contributed by atoms with Gasteiger partial charge in [-0.1, -0.05) is 23.4 Å². The summed E-state index contributed by atoms with van der Waals surface area (Å²) in [5.41, 5.74) is 5.02. The zero-order valence-electron chi connectivity index (χ0n) is 14.5. The van der Waals surface area contributed by atoms with Crippen LogP contribution in [0.15, 0.2) is 55.0 Å². The SMILES string of the molecule is CC(NC1CCc2cccnc2CC1)c1ccc(-n2ccnn2)cc1. The first-order valence-corrected chi connectivity index (χ1v) is 8.95. The topological polar surface area (TPSA) is 55.6 Å². The van der Waals surface area contributed by atoms with Crippen LogP contribution in [0, 0.1) is 0 Å². The van der Waals surface area contributed by atoms with Crippen LogP contribution in [-0.2, 0) is 12.8 Å². The minimum atomic E-state index is 0.323. The summed E-state index contributed by atoms with van der Waals surface area (Å²) >= 11 is 0. The predicted molar refractivity (Wildman–Crippen MR) is 97.6 cm³/mol. The maximum absolute atomic E-state index is 4.54. The number of rotatable bonds is 4. The van der Waals surface area contributed by atoms with Crippen LogP contribution in [0.4, 0.5) is 0 Å². The highest BCUT2D eigenvalue weighted by molar-refractivity contribution is 5.34. The van der Waals surface area contributed by atoms with E-state index in [9.17, 15) is 0 Å². The molecule has 0 aliphatic heterocycles. The van der Waals surface area contributed by atoms with Crippen LogP contribution in [0.1, 0.15) is 42.6 Å². The summed E-state index contributed by atoms with van der Waals surface area (Å²) in [5.74, 6) is 0. The van der Waals surface area contributed by atoms with Crippen molar-refractivity contribution in [3.05, 3.63) is 71.8 Å².